The van der Waals surface area contributed by atoms with E-state index in [4.69, 9.17) is 0 Å². The largest absolute Gasteiger partial charge is 0.506 e. The molecule has 4 aromatic rings. The number of rotatable bonds is 4. The number of azo groups is 1. The molecule has 0 amide bonds. The maximum absolute atomic E-state index is 12.1. The zero-order valence-electron chi connectivity index (χ0n) is 17.5. The molecule has 0 aliphatic heterocycles. The number of fused-ring (bicyclic) bond motifs is 2. The molecule has 0 aliphatic carbocycles. The molecule has 0 aliphatic rings. The monoisotopic (exact) mass is 504 g/mol. The molecule has 13 heteroatoms. The summed E-state index contributed by atoms with van der Waals surface area (Å²) >= 11 is 0. The maximum Gasteiger partial charge on any atom is 0.297 e. The third kappa shape index (κ3) is 5.65. The molecule has 33 heavy (non-hydrogen) atoms. The minimum absolute atomic E-state index is 0. The van der Waals surface area contributed by atoms with Crippen molar-refractivity contribution in [3.63, 3.8) is 0 Å². The molecule has 3 N–H and O–H groups in total. The average molecular weight is 504 g/mol. The van der Waals surface area contributed by atoms with Gasteiger partial charge < -0.3 is 5.11 Å². The first kappa shape index (κ1) is 27.9. The minimum Gasteiger partial charge on any atom is -0.506 e. The molecule has 0 spiro atoms. The van der Waals surface area contributed by atoms with Crippen LogP contribution in [0.1, 0.15) is 0 Å². The molecule has 0 saturated carbocycles. The molecule has 0 unspecified atom stereocenters. The number of benzene rings is 4. The van der Waals surface area contributed by atoms with Gasteiger partial charge in [-0.15, -0.1) is 10.2 Å². The number of nitrogens with zero attached hydrogens (tertiary/aromatic N) is 2. The van der Waals surface area contributed by atoms with Gasteiger partial charge in [-0.2, -0.15) is 16.8 Å². The standard InChI is InChI=1S/C20H14N2O7S2.2Na/c23-17-11-8-12-4-1-2-5-13(12)19(17)22-21-16-10-9-14-15(20(16)31(27,28)29)6-3-7-18(14)30(24,25)26;;/h1-11,23H,(H,24,25,26)(H,27,28,29);;. The van der Waals surface area contributed by atoms with Gasteiger partial charge in [0.2, 0.25) is 0 Å². The third-order valence-electron chi connectivity index (χ3n) is 4.62. The second-order valence-electron chi connectivity index (χ2n) is 6.57. The molecule has 4 aromatic carbocycles. The van der Waals surface area contributed by atoms with Gasteiger partial charge in [0.15, 0.2) is 0 Å². The molecular formula is C20H14N2Na2O7S2. The molecule has 0 fully saturated rings. The first-order valence-corrected chi connectivity index (χ1v) is 11.6. The number of phenols is 1. The average Bonchev–Trinajstić information content (AvgIpc) is 2.70. The van der Waals surface area contributed by atoms with Gasteiger partial charge >= 0.3 is 0 Å². The Bertz CT molecular complexity index is 1610. The Morgan fingerprint density at radius 2 is 1.30 bits per heavy atom. The second kappa shape index (κ2) is 10.5. The van der Waals surface area contributed by atoms with Crippen LogP contribution >= 0.6 is 0 Å². The SMILES string of the molecule is O=S(=O)(O)c1cccc2c(S(=O)(=O)O)c(N=Nc3c(O)ccc4ccccc34)ccc12.[Na].[Na]. The Kier molecular flexibility index (Phi) is 8.85. The van der Waals surface area contributed by atoms with Crippen molar-refractivity contribution < 1.29 is 31.0 Å². The summed E-state index contributed by atoms with van der Waals surface area (Å²) in [4.78, 5) is -1.20. The Morgan fingerprint density at radius 3 is 1.97 bits per heavy atom. The van der Waals surface area contributed by atoms with Crippen molar-refractivity contribution in [3.8, 4) is 5.75 Å². The van der Waals surface area contributed by atoms with Crippen LogP contribution in [0.2, 0.25) is 0 Å². The summed E-state index contributed by atoms with van der Waals surface area (Å²) in [5.41, 5.74) is -0.194. The van der Waals surface area contributed by atoms with Crippen LogP contribution in [0.4, 0.5) is 11.4 Å². The predicted octanol–water partition coefficient (Wildman–Crippen LogP) is 3.85. The van der Waals surface area contributed by atoms with Gasteiger partial charge in [-0.05, 0) is 23.6 Å². The van der Waals surface area contributed by atoms with Gasteiger partial charge in [0.25, 0.3) is 20.2 Å². The Balaban J connectivity index is 0.00000193. The minimum atomic E-state index is -4.87. The number of aromatic hydroxyl groups is 1. The topological polar surface area (TPSA) is 154 Å². The Morgan fingerprint density at radius 1 is 0.636 bits per heavy atom. The molecular weight excluding hydrogens is 490 g/mol. The van der Waals surface area contributed by atoms with E-state index in [0.717, 1.165) is 17.5 Å². The Labute approximate surface area is 233 Å². The molecule has 160 valence electrons. The van der Waals surface area contributed by atoms with Gasteiger partial charge in [-0.1, -0.05) is 48.5 Å². The van der Waals surface area contributed by atoms with E-state index in [2.05, 4.69) is 10.2 Å². The number of hydrogen-bond acceptors (Lipinski definition) is 7. The third-order valence-corrected chi connectivity index (χ3v) is 6.48. The van der Waals surface area contributed by atoms with Gasteiger partial charge in [0, 0.05) is 75.3 Å². The van der Waals surface area contributed by atoms with Crippen molar-refractivity contribution in [2.75, 3.05) is 0 Å². The fraction of sp³-hybridized carbons (Fsp3) is 0. The quantitative estimate of drug-likeness (QED) is 0.217. The molecule has 2 radical (unpaired) electrons. The van der Waals surface area contributed by atoms with E-state index in [0.29, 0.717) is 5.39 Å². The van der Waals surface area contributed by atoms with Crippen LogP contribution < -0.4 is 0 Å². The molecule has 0 heterocycles. The van der Waals surface area contributed by atoms with Crippen molar-refractivity contribution in [2.24, 2.45) is 10.2 Å². The van der Waals surface area contributed by atoms with Crippen molar-refractivity contribution in [3.05, 3.63) is 66.7 Å². The van der Waals surface area contributed by atoms with Gasteiger partial charge in [0.1, 0.15) is 26.9 Å². The summed E-state index contributed by atoms with van der Waals surface area (Å²) in [6, 6.07) is 16.1. The van der Waals surface area contributed by atoms with Crippen LogP contribution in [0, 0.1) is 0 Å². The van der Waals surface area contributed by atoms with Crippen LogP contribution in [0.5, 0.6) is 5.75 Å². The maximum atomic E-state index is 12.1. The second-order valence-corrected chi connectivity index (χ2v) is 9.32. The van der Waals surface area contributed by atoms with E-state index in [9.17, 15) is 31.0 Å². The van der Waals surface area contributed by atoms with Gasteiger partial charge in [-0.25, -0.2) is 0 Å². The van der Waals surface area contributed by atoms with E-state index >= 15 is 0 Å². The van der Waals surface area contributed by atoms with Crippen molar-refractivity contribution in [2.45, 2.75) is 9.79 Å². The smallest absolute Gasteiger partial charge is 0.297 e. The Hall–Kier alpha value is -1.38. The van der Waals surface area contributed by atoms with Gasteiger partial charge in [0.05, 0.1) is 0 Å². The summed E-state index contributed by atoms with van der Waals surface area (Å²) in [6.07, 6.45) is 0. The van der Waals surface area contributed by atoms with E-state index in [1.165, 1.54) is 24.3 Å². The summed E-state index contributed by atoms with van der Waals surface area (Å²) < 4.78 is 66.7. The van der Waals surface area contributed by atoms with Crippen molar-refractivity contribution in [1.82, 2.24) is 0 Å². The molecule has 0 aromatic heterocycles. The summed E-state index contributed by atoms with van der Waals surface area (Å²) in [7, 11) is -9.53. The van der Waals surface area contributed by atoms with Crippen LogP contribution in [0.15, 0.2) is 86.7 Å². The summed E-state index contributed by atoms with van der Waals surface area (Å²) in [5, 5.41) is 19.1. The van der Waals surface area contributed by atoms with E-state index in [1.54, 1.807) is 30.3 Å². The normalized spacial score (nSPS) is 11.9. The zero-order valence-corrected chi connectivity index (χ0v) is 23.2. The zero-order chi connectivity index (χ0) is 22.4. The van der Waals surface area contributed by atoms with Gasteiger partial charge in [-0.3, -0.25) is 9.11 Å². The fourth-order valence-corrected chi connectivity index (χ4v) is 4.85. The fourth-order valence-electron chi connectivity index (χ4n) is 3.32. The van der Waals surface area contributed by atoms with E-state index in [-0.39, 0.29) is 87.0 Å². The van der Waals surface area contributed by atoms with E-state index in [1.807, 2.05) is 0 Å². The molecule has 9 nitrogen and oxygen atoms in total. The molecule has 4 rings (SSSR count). The van der Waals surface area contributed by atoms with Crippen LogP contribution in [0.3, 0.4) is 0 Å². The van der Waals surface area contributed by atoms with Crippen molar-refractivity contribution >= 4 is 112 Å². The van der Waals surface area contributed by atoms with Crippen LogP contribution in [-0.4, -0.2) is 90.2 Å². The summed E-state index contributed by atoms with van der Waals surface area (Å²) in [6.45, 7) is 0. The number of phenolic OH excluding ortho intramolecular Hbond substituents is 1. The first-order chi connectivity index (χ1) is 14.6. The molecule has 0 atom stereocenters. The first-order valence-electron chi connectivity index (χ1n) is 8.70. The summed E-state index contributed by atoms with van der Waals surface area (Å²) in [5.74, 6) is -0.190. The van der Waals surface area contributed by atoms with Crippen molar-refractivity contribution in [1.29, 1.82) is 0 Å². The van der Waals surface area contributed by atoms with Crippen LogP contribution in [0.25, 0.3) is 21.5 Å². The molecule has 0 bridgehead atoms. The number of hydrogen-bond donors (Lipinski definition) is 3. The van der Waals surface area contributed by atoms with Crippen LogP contribution in [-0.2, 0) is 20.2 Å². The predicted molar refractivity (Wildman–Crippen MR) is 125 cm³/mol. The van der Waals surface area contributed by atoms with E-state index < -0.39 is 30.0 Å². The molecule has 0 saturated heterocycles.